The molecule has 0 spiro atoms. The highest BCUT2D eigenvalue weighted by atomic mass is 16.1. The van der Waals surface area contributed by atoms with Crippen LogP contribution in [0.2, 0.25) is 0 Å². The van der Waals surface area contributed by atoms with Crippen LogP contribution in [0.3, 0.4) is 0 Å². The average molecular weight is 264 g/mol. The van der Waals surface area contributed by atoms with E-state index < -0.39 is 0 Å². The van der Waals surface area contributed by atoms with Crippen molar-refractivity contribution in [3.8, 4) is 0 Å². The van der Waals surface area contributed by atoms with Gasteiger partial charge in [0.25, 0.3) is 5.56 Å². The summed E-state index contributed by atoms with van der Waals surface area (Å²) in [5.74, 6) is 0.0665. The molecule has 6 nitrogen and oxygen atoms in total. The van der Waals surface area contributed by atoms with Gasteiger partial charge in [-0.25, -0.2) is 4.68 Å². The maximum absolute atomic E-state index is 11.9. The van der Waals surface area contributed by atoms with Gasteiger partial charge < -0.3 is 9.80 Å². The van der Waals surface area contributed by atoms with E-state index in [2.05, 4.69) is 21.9 Å². The summed E-state index contributed by atoms with van der Waals surface area (Å²) < 4.78 is 1.35. The molecule has 0 saturated carbocycles. The molecule has 0 aromatic carbocycles. The summed E-state index contributed by atoms with van der Waals surface area (Å²) in [6.45, 7) is 5.69. The number of likely N-dealkylation sites (N-methyl/N-ethyl adjacent to an activating group) is 1. The number of rotatable bonds is 4. The Morgan fingerprint density at radius 1 is 1.32 bits per heavy atom. The maximum atomic E-state index is 11.9. The van der Waals surface area contributed by atoms with Crippen LogP contribution < -0.4 is 10.5 Å². The Balaban J connectivity index is 2.06. The van der Waals surface area contributed by atoms with Gasteiger partial charge in [-0.2, -0.15) is 5.10 Å². The van der Waals surface area contributed by atoms with E-state index in [9.17, 15) is 9.59 Å². The summed E-state index contributed by atoms with van der Waals surface area (Å²) in [6, 6.07) is 1.61. The average Bonchev–Trinajstić information content (AvgIpc) is 2.38. The molecule has 0 atom stereocenters. The Bertz CT molecular complexity index is 504. The zero-order valence-electron chi connectivity index (χ0n) is 11.5. The Labute approximate surface area is 112 Å². The number of Topliss-reactive ketones (excluding diaryl/α,β-unsaturated/α-hetero) is 1. The van der Waals surface area contributed by atoms with E-state index in [1.54, 1.807) is 12.3 Å². The molecule has 1 aromatic rings. The van der Waals surface area contributed by atoms with Crippen LogP contribution in [0.1, 0.15) is 13.3 Å². The highest BCUT2D eigenvalue weighted by Gasteiger charge is 2.15. The standard InChI is InChI=1S/C13H20N4O2/c1-11(18)3-4-17-13(19)9-12(10-14-17)16-7-5-15(2)6-8-16/h9-10H,3-8H2,1-2H3. The number of aryl methyl sites for hydroxylation is 1. The molecule has 2 rings (SSSR count). The molecule has 0 bridgehead atoms. The molecule has 0 N–H and O–H groups in total. The number of hydrogen-bond acceptors (Lipinski definition) is 5. The van der Waals surface area contributed by atoms with Gasteiger partial charge in [-0.05, 0) is 14.0 Å². The molecule has 19 heavy (non-hydrogen) atoms. The third-order valence-corrected chi connectivity index (χ3v) is 3.40. The van der Waals surface area contributed by atoms with E-state index in [1.165, 1.54) is 11.6 Å². The molecule has 2 heterocycles. The monoisotopic (exact) mass is 264 g/mol. The van der Waals surface area contributed by atoms with Gasteiger partial charge >= 0.3 is 0 Å². The van der Waals surface area contributed by atoms with Crippen molar-refractivity contribution in [1.82, 2.24) is 14.7 Å². The molecule has 0 amide bonds. The second-order valence-electron chi connectivity index (χ2n) is 5.02. The molecule has 6 heteroatoms. The second-order valence-corrected chi connectivity index (χ2v) is 5.02. The number of hydrogen-bond donors (Lipinski definition) is 0. The number of nitrogens with zero attached hydrogens (tertiary/aromatic N) is 4. The summed E-state index contributed by atoms with van der Waals surface area (Å²) in [6.07, 6.45) is 2.06. The summed E-state index contributed by atoms with van der Waals surface area (Å²) in [5, 5.41) is 4.14. The third kappa shape index (κ3) is 3.64. The van der Waals surface area contributed by atoms with E-state index in [0.717, 1.165) is 31.9 Å². The Hall–Kier alpha value is -1.69. The van der Waals surface area contributed by atoms with Crippen molar-refractivity contribution in [2.24, 2.45) is 0 Å². The van der Waals surface area contributed by atoms with Crippen molar-refractivity contribution in [2.75, 3.05) is 38.1 Å². The lowest BCUT2D eigenvalue weighted by molar-refractivity contribution is -0.117. The normalized spacial score (nSPS) is 16.6. The quantitative estimate of drug-likeness (QED) is 0.764. The predicted molar refractivity (Wildman–Crippen MR) is 73.5 cm³/mol. The van der Waals surface area contributed by atoms with Gasteiger partial charge in [0.1, 0.15) is 5.78 Å². The first kappa shape index (κ1) is 13.7. The predicted octanol–water partition coefficient (Wildman–Crippen LogP) is -0.0258. The van der Waals surface area contributed by atoms with Crippen molar-refractivity contribution in [3.05, 3.63) is 22.6 Å². The molecule has 0 unspecified atom stereocenters. The SMILES string of the molecule is CC(=O)CCn1ncc(N2CCN(C)CC2)cc1=O. The minimum Gasteiger partial charge on any atom is -0.368 e. The molecule has 1 fully saturated rings. The van der Waals surface area contributed by atoms with Crippen molar-refractivity contribution >= 4 is 11.5 Å². The third-order valence-electron chi connectivity index (χ3n) is 3.40. The zero-order chi connectivity index (χ0) is 13.8. The number of ketones is 1. The molecule has 1 aliphatic rings. The fourth-order valence-electron chi connectivity index (χ4n) is 2.09. The first-order valence-electron chi connectivity index (χ1n) is 6.56. The fraction of sp³-hybridized carbons (Fsp3) is 0.615. The molecular weight excluding hydrogens is 244 g/mol. The van der Waals surface area contributed by atoms with Gasteiger partial charge in [-0.15, -0.1) is 0 Å². The highest BCUT2D eigenvalue weighted by Crippen LogP contribution is 2.12. The molecule has 1 aromatic heterocycles. The number of aromatic nitrogens is 2. The maximum Gasteiger partial charge on any atom is 0.268 e. The second kappa shape index (κ2) is 5.97. The first-order chi connectivity index (χ1) is 9.06. The van der Waals surface area contributed by atoms with Gasteiger partial charge in [-0.3, -0.25) is 9.59 Å². The molecular formula is C13H20N4O2. The summed E-state index contributed by atoms with van der Waals surface area (Å²) in [7, 11) is 2.09. The molecule has 0 aliphatic carbocycles. The summed E-state index contributed by atoms with van der Waals surface area (Å²) in [5.41, 5.74) is 0.731. The lowest BCUT2D eigenvalue weighted by atomic mass is 10.3. The molecule has 1 aliphatic heterocycles. The van der Waals surface area contributed by atoms with Crippen molar-refractivity contribution in [2.45, 2.75) is 19.9 Å². The van der Waals surface area contributed by atoms with Crippen molar-refractivity contribution in [3.63, 3.8) is 0 Å². The topological polar surface area (TPSA) is 58.4 Å². The minimum absolute atomic E-state index is 0.0665. The molecule has 1 saturated heterocycles. The molecule has 0 radical (unpaired) electrons. The van der Waals surface area contributed by atoms with Gasteiger partial charge in [0.15, 0.2) is 0 Å². The van der Waals surface area contributed by atoms with Crippen LogP contribution in [-0.4, -0.2) is 53.7 Å². The Morgan fingerprint density at radius 2 is 2.00 bits per heavy atom. The van der Waals surface area contributed by atoms with Gasteiger partial charge in [0, 0.05) is 38.7 Å². The smallest absolute Gasteiger partial charge is 0.268 e. The largest absolute Gasteiger partial charge is 0.368 e. The van der Waals surface area contributed by atoms with Crippen LogP contribution in [0, 0.1) is 0 Å². The Kier molecular flexibility index (Phi) is 4.31. The lowest BCUT2D eigenvalue weighted by Crippen LogP contribution is -2.45. The van der Waals surface area contributed by atoms with Gasteiger partial charge in [-0.1, -0.05) is 0 Å². The summed E-state index contributed by atoms with van der Waals surface area (Å²) in [4.78, 5) is 27.3. The van der Waals surface area contributed by atoms with E-state index >= 15 is 0 Å². The number of carbonyl (C=O) groups excluding carboxylic acids is 1. The summed E-state index contributed by atoms with van der Waals surface area (Å²) >= 11 is 0. The van der Waals surface area contributed by atoms with Crippen LogP contribution in [-0.2, 0) is 11.3 Å². The molecule has 104 valence electrons. The van der Waals surface area contributed by atoms with Crippen LogP contribution >= 0.6 is 0 Å². The van der Waals surface area contributed by atoms with Crippen LogP contribution in [0.15, 0.2) is 17.1 Å². The highest BCUT2D eigenvalue weighted by molar-refractivity contribution is 5.75. The van der Waals surface area contributed by atoms with E-state index in [4.69, 9.17) is 0 Å². The van der Waals surface area contributed by atoms with E-state index in [-0.39, 0.29) is 11.3 Å². The first-order valence-corrected chi connectivity index (χ1v) is 6.56. The van der Waals surface area contributed by atoms with Crippen LogP contribution in [0.4, 0.5) is 5.69 Å². The van der Waals surface area contributed by atoms with E-state index in [0.29, 0.717) is 13.0 Å². The van der Waals surface area contributed by atoms with Crippen molar-refractivity contribution in [1.29, 1.82) is 0 Å². The van der Waals surface area contributed by atoms with Gasteiger partial charge in [0.2, 0.25) is 0 Å². The van der Waals surface area contributed by atoms with Crippen LogP contribution in [0.5, 0.6) is 0 Å². The number of piperazine rings is 1. The van der Waals surface area contributed by atoms with Crippen molar-refractivity contribution < 1.29 is 4.79 Å². The Morgan fingerprint density at radius 3 is 2.58 bits per heavy atom. The van der Waals surface area contributed by atoms with Gasteiger partial charge in [0.05, 0.1) is 18.4 Å². The lowest BCUT2D eigenvalue weighted by Gasteiger charge is -2.33. The zero-order valence-corrected chi connectivity index (χ0v) is 11.5. The fourth-order valence-corrected chi connectivity index (χ4v) is 2.09. The van der Waals surface area contributed by atoms with E-state index in [1.807, 2.05) is 0 Å². The number of anilines is 1. The number of carbonyl (C=O) groups is 1. The van der Waals surface area contributed by atoms with Crippen LogP contribution in [0.25, 0.3) is 0 Å². The minimum atomic E-state index is -0.141.